The molecule has 1 fully saturated rings. The van der Waals surface area contributed by atoms with Gasteiger partial charge in [-0.3, -0.25) is 24.0 Å². The number of carbonyl (C=O) groups excluding carboxylic acids is 5. The van der Waals surface area contributed by atoms with Gasteiger partial charge in [0.25, 0.3) is 5.91 Å². The van der Waals surface area contributed by atoms with Crippen molar-refractivity contribution in [3.63, 3.8) is 0 Å². The third-order valence-corrected chi connectivity index (χ3v) is 6.67. The maximum absolute atomic E-state index is 12.6. The van der Waals surface area contributed by atoms with Crippen molar-refractivity contribution in [3.05, 3.63) is 59.7 Å². The van der Waals surface area contributed by atoms with Gasteiger partial charge in [0.05, 0.1) is 12.8 Å². The highest BCUT2D eigenvalue weighted by atomic mass is 16.4. The van der Waals surface area contributed by atoms with Gasteiger partial charge in [-0.1, -0.05) is 24.8 Å². The summed E-state index contributed by atoms with van der Waals surface area (Å²) in [5.41, 5.74) is 0.522. The Kier molecular flexibility index (Phi) is 11.7. The summed E-state index contributed by atoms with van der Waals surface area (Å²) in [6.07, 6.45) is 7.84. The van der Waals surface area contributed by atoms with Crippen LogP contribution in [0.3, 0.4) is 0 Å². The van der Waals surface area contributed by atoms with Gasteiger partial charge in [-0.25, -0.2) is 4.79 Å². The van der Waals surface area contributed by atoms with E-state index in [1.54, 1.807) is 13.0 Å². The zero-order valence-corrected chi connectivity index (χ0v) is 22.3. The number of rotatable bonds is 14. The highest BCUT2D eigenvalue weighted by Gasteiger charge is 2.26. The Morgan fingerprint density at radius 2 is 1.62 bits per heavy atom. The number of carboxylic acid groups (broad SMARTS) is 1. The van der Waals surface area contributed by atoms with E-state index in [0.717, 1.165) is 18.9 Å². The van der Waals surface area contributed by atoms with Crippen molar-refractivity contribution >= 4 is 40.7 Å². The number of benzene rings is 1. The molecular formula is C30H35NO8. The molecule has 9 nitrogen and oxygen atoms in total. The van der Waals surface area contributed by atoms with Crippen LogP contribution >= 0.6 is 0 Å². The predicted octanol–water partition coefficient (Wildman–Crippen LogP) is 4.75. The quantitative estimate of drug-likeness (QED) is 0.174. The van der Waals surface area contributed by atoms with E-state index in [2.05, 4.69) is 11.9 Å². The number of allylic oxidation sites excluding steroid dienone is 4. The van der Waals surface area contributed by atoms with Crippen LogP contribution in [0.25, 0.3) is 0 Å². The van der Waals surface area contributed by atoms with Crippen molar-refractivity contribution in [2.45, 2.75) is 65.2 Å². The van der Waals surface area contributed by atoms with Crippen molar-refractivity contribution in [3.8, 4) is 5.75 Å². The largest absolute Gasteiger partial charge is 0.507 e. The van der Waals surface area contributed by atoms with E-state index in [4.69, 9.17) is 5.11 Å². The van der Waals surface area contributed by atoms with Crippen molar-refractivity contribution in [2.24, 2.45) is 11.8 Å². The van der Waals surface area contributed by atoms with Gasteiger partial charge in [-0.2, -0.15) is 0 Å². The van der Waals surface area contributed by atoms with E-state index >= 15 is 0 Å². The average molecular weight is 538 g/mol. The zero-order valence-electron chi connectivity index (χ0n) is 22.3. The summed E-state index contributed by atoms with van der Waals surface area (Å²) in [5, 5.41) is 21.2. The lowest BCUT2D eigenvalue weighted by Gasteiger charge is -2.25. The van der Waals surface area contributed by atoms with E-state index in [1.807, 2.05) is 6.08 Å². The van der Waals surface area contributed by atoms with E-state index in [1.165, 1.54) is 25.1 Å². The molecule has 208 valence electrons. The smallest absolute Gasteiger partial charge is 0.339 e. The standard InChI is InChI=1S/C30H35NO8/c1-18(2)26(34)16-23(32)6-4-5-20-8-10-21(11-9-20)27(35)17-24(33)13-7-19(3)29(37)31-22-12-14-25(30(38)39)28(36)15-22/h4-5,7,12,14-15,20-21,36H,1,6,8-11,13,16-17H2,2-3H3,(H,31,37)(H,38,39)/b5-4-,19-7+. The normalized spacial score (nSPS) is 17.4. The lowest BCUT2D eigenvalue weighted by Crippen LogP contribution is -2.23. The van der Waals surface area contributed by atoms with E-state index in [-0.39, 0.29) is 77.5 Å². The number of aromatic carboxylic acids is 1. The van der Waals surface area contributed by atoms with Gasteiger partial charge in [0.15, 0.2) is 5.78 Å². The minimum Gasteiger partial charge on any atom is -0.507 e. The molecule has 1 saturated carbocycles. The maximum Gasteiger partial charge on any atom is 0.339 e. The van der Waals surface area contributed by atoms with E-state index in [0.29, 0.717) is 18.4 Å². The first-order valence-electron chi connectivity index (χ1n) is 12.8. The Bertz CT molecular complexity index is 1220. The zero-order chi connectivity index (χ0) is 29.1. The number of Topliss-reactive ketones (excluding diaryl/α,β-unsaturated/α-hetero) is 4. The third kappa shape index (κ3) is 10.3. The summed E-state index contributed by atoms with van der Waals surface area (Å²) >= 11 is 0. The van der Waals surface area contributed by atoms with Crippen LogP contribution in [0.2, 0.25) is 0 Å². The first kappa shape index (κ1) is 31.1. The summed E-state index contributed by atoms with van der Waals surface area (Å²) in [7, 11) is 0. The van der Waals surface area contributed by atoms with Crippen LogP contribution < -0.4 is 5.32 Å². The summed E-state index contributed by atoms with van der Waals surface area (Å²) in [6.45, 7) is 6.63. The van der Waals surface area contributed by atoms with Crippen LogP contribution in [0, 0.1) is 11.8 Å². The first-order valence-corrected chi connectivity index (χ1v) is 12.8. The molecule has 0 bridgehead atoms. The second kappa shape index (κ2) is 14.7. The second-order valence-corrected chi connectivity index (χ2v) is 9.93. The number of amides is 1. The molecule has 0 saturated heterocycles. The number of carbonyl (C=O) groups is 6. The summed E-state index contributed by atoms with van der Waals surface area (Å²) in [5.74, 6) is -3.05. The highest BCUT2D eigenvalue weighted by molar-refractivity contribution is 6.07. The van der Waals surface area contributed by atoms with Crippen molar-refractivity contribution in [1.82, 2.24) is 0 Å². The number of hydrogen-bond donors (Lipinski definition) is 3. The SMILES string of the molecule is C=C(C)C(=O)CC(=O)C/C=C\C1CCC(C(=O)CC(=O)C/C=C(\C)C(=O)Nc2ccc(C(=O)O)c(O)c2)CC1. The van der Waals surface area contributed by atoms with Gasteiger partial charge in [-0.15, -0.1) is 0 Å². The first-order chi connectivity index (χ1) is 18.4. The van der Waals surface area contributed by atoms with Gasteiger partial charge in [0.2, 0.25) is 0 Å². The molecule has 0 radical (unpaired) electrons. The van der Waals surface area contributed by atoms with Gasteiger partial charge < -0.3 is 15.5 Å². The number of carboxylic acids is 1. The molecule has 0 heterocycles. The fourth-order valence-electron chi connectivity index (χ4n) is 4.22. The van der Waals surface area contributed by atoms with Crippen LogP contribution in [-0.2, 0) is 24.0 Å². The van der Waals surface area contributed by atoms with Crippen molar-refractivity contribution in [1.29, 1.82) is 0 Å². The molecular weight excluding hydrogens is 502 g/mol. The van der Waals surface area contributed by atoms with Crippen LogP contribution in [0.4, 0.5) is 5.69 Å². The number of anilines is 1. The summed E-state index contributed by atoms with van der Waals surface area (Å²) < 4.78 is 0. The highest BCUT2D eigenvalue weighted by Crippen LogP contribution is 2.31. The predicted molar refractivity (Wildman–Crippen MR) is 145 cm³/mol. The van der Waals surface area contributed by atoms with Crippen LogP contribution in [-0.4, -0.2) is 45.2 Å². The third-order valence-electron chi connectivity index (χ3n) is 6.67. The Hall–Kier alpha value is -4.14. The number of ketones is 4. The molecule has 1 aromatic rings. The average Bonchev–Trinajstić information content (AvgIpc) is 2.87. The molecule has 1 aliphatic carbocycles. The van der Waals surface area contributed by atoms with Gasteiger partial charge in [0, 0.05) is 36.1 Å². The fourth-order valence-corrected chi connectivity index (χ4v) is 4.22. The van der Waals surface area contributed by atoms with Gasteiger partial charge >= 0.3 is 5.97 Å². The monoisotopic (exact) mass is 537 g/mol. The molecule has 0 spiro atoms. The van der Waals surface area contributed by atoms with E-state index in [9.17, 15) is 33.9 Å². The molecule has 1 aliphatic rings. The number of phenols is 1. The van der Waals surface area contributed by atoms with E-state index < -0.39 is 17.6 Å². The molecule has 0 aliphatic heterocycles. The molecule has 1 amide bonds. The van der Waals surface area contributed by atoms with Crippen molar-refractivity contribution < 1.29 is 39.0 Å². The second-order valence-electron chi connectivity index (χ2n) is 9.93. The molecule has 0 atom stereocenters. The molecule has 9 heteroatoms. The van der Waals surface area contributed by atoms with Crippen LogP contribution in [0.1, 0.15) is 75.6 Å². The Morgan fingerprint density at radius 3 is 2.21 bits per heavy atom. The summed E-state index contributed by atoms with van der Waals surface area (Å²) in [6, 6.07) is 3.63. The Balaban J connectivity index is 1.75. The molecule has 3 N–H and O–H groups in total. The van der Waals surface area contributed by atoms with Crippen molar-refractivity contribution in [2.75, 3.05) is 5.32 Å². The van der Waals surface area contributed by atoms with Crippen LogP contribution in [0.15, 0.2) is 54.2 Å². The lowest BCUT2D eigenvalue weighted by molar-refractivity contribution is -0.130. The molecule has 2 rings (SSSR count). The number of hydrogen-bond acceptors (Lipinski definition) is 7. The summed E-state index contributed by atoms with van der Waals surface area (Å²) in [4.78, 5) is 71.7. The maximum atomic E-state index is 12.6. The molecule has 0 aromatic heterocycles. The number of aromatic hydroxyl groups is 1. The number of nitrogens with one attached hydrogen (secondary N) is 1. The van der Waals surface area contributed by atoms with Gasteiger partial charge in [-0.05, 0) is 63.2 Å². The molecule has 1 aromatic carbocycles. The fraction of sp³-hybridized carbons (Fsp3) is 0.400. The minimum atomic E-state index is -1.29. The Labute approximate surface area is 227 Å². The van der Waals surface area contributed by atoms with Crippen LogP contribution in [0.5, 0.6) is 5.75 Å². The lowest BCUT2D eigenvalue weighted by atomic mass is 9.79. The Morgan fingerprint density at radius 1 is 0.974 bits per heavy atom. The topological polar surface area (TPSA) is 155 Å². The van der Waals surface area contributed by atoms with Gasteiger partial charge in [0.1, 0.15) is 28.7 Å². The molecule has 39 heavy (non-hydrogen) atoms. The molecule has 0 unspecified atom stereocenters. The minimum absolute atomic E-state index is 0.0752.